The average molecular weight is 635 g/mol. The number of esters is 1. The molecule has 1 aromatic heterocycles. The van der Waals surface area contributed by atoms with E-state index in [4.69, 9.17) is 9.57 Å². The summed E-state index contributed by atoms with van der Waals surface area (Å²) in [6.07, 6.45) is 1.46. The minimum atomic E-state index is -4.29. The molecule has 0 bridgehead atoms. The summed E-state index contributed by atoms with van der Waals surface area (Å²) < 4.78 is 79.8. The molecule has 1 amide bonds. The quantitative estimate of drug-likeness (QED) is 0.300. The maximum absolute atomic E-state index is 13.8. The van der Waals surface area contributed by atoms with Crippen molar-refractivity contribution in [1.29, 1.82) is 0 Å². The molecule has 0 radical (unpaired) electrons. The Kier molecular flexibility index (Phi) is 10.1. The van der Waals surface area contributed by atoms with Crippen molar-refractivity contribution in [2.24, 2.45) is 0 Å². The Morgan fingerprint density at radius 3 is 2.51 bits per heavy atom. The van der Waals surface area contributed by atoms with Gasteiger partial charge in [-0.3, -0.25) is 9.59 Å². The first-order chi connectivity index (χ1) is 19.4. The van der Waals surface area contributed by atoms with Crippen molar-refractivity contribution in [3.05, 3.63) is 42.2 Å². The SMILES string of the molecule is COC(=O)CN(C)S(=O)(=O)N1CCN(S(=O)(=O)c2ccc(-c3ccc(F)cc3)s2)[C@@H](C(=O)NOC2CCCCO2)C1. The maximum Gasteiger partial charge on any atom is 0.321 e. The van der Waals surface area contributed by atoms with Crippen molar-refractivity contribution in [3.8, 4) is 10.4 Å². The van der Waals surface area contributed by atoms with E-state index >= 15 is 0 Å². The molecule has 2 atom stereocenters. The van der Waals surface area contributed by atoms with E-state index < -0.39 is 63.3 Å². The number of sulfonamides is 1. The molecule has 2 aliphatic rings. The predicted octanol–water partition coefficient (Wildman–Crippen LogP) is 1.15. The molecule has 2 saturated heterocycles. The van der Waals surface area contributed by atoms with Gasteiger partial charge in [-0.15, -0.1) is 11.3 Å². The molecular weight excluding hydrogens is 603 g/mol. The molecular formula is C24H31FN4O9S3. The van der Waals surface area contributed by atoms with Crippen molar-refractivity contribution in [1.82, 2.24) is 18.4 Å². The van der Waals surface area contributed by atoms with Gasteiger partial charge >= 0.3 is 5.97 Å². The number of piperazine rings is 1. The fourth-order valence-electron chi connectivity index (χ4n) is 4.32. The van der Waals surface area contributed by atoms with E-state index in [2.05, 4.69) is 10.2 Å². The summed E-state index contributed by atoms with van der Waals surface area (Å²) in [7, 11) is -6.26. The zero-order valence-electron chi connectivity index (χ0n) is 22.4. The minimum absolute atomic E-state index is 0.0785. The molecule has 226 valence electrons. The second-order valence-electron chi connectivity index (χ2n) is 9.34. The zero-order valence-corrected chi connectivity index (χ0v) is 24.8. The maximum atomic E-state index is 13.8. The number of hydrogen-bond acceptors (Lipinski definition) is 10. The van der Waals surface area contributed by atoms with Gasteiger partial charge in [0.05, 0.1) is 7.11 Å². The number of hydrogen-bond donors (Lipinski definition) is 1. The van der Waals surface area contributed by atoms with Crippen LogP contribution >= 0.6 is 11.3 Å². The molecule has 0 aliphatic carbocycles. The molecule has 1 aromatic carbocycles. The molecule has 3 heterocycles. The van der Waals surface area contributed by atoms with Crippen LogP contribution in [-0.2, 0) is 44.1 Å². The Bertz CT molecular complexity index is 1440. The second kappa shape index (κ2) is 13.2. The number of carbonyl (C=O) groups excluding carboxylic acids is 2. The van der Waals surface area contributed by atoms with E-state index in [0.717, 1.165) is 44.2 Å². The number of ether oxygens (including phenoxy) is 2. The monoisotopic (exact) mass is 634 g/mol. The first-order valence-electron chi connectivity index (χ1n) is 12.7. The van der Waals surface area contributed by atoms with Crippen molar-refractivity contribution in [3.63, 3.8) is 0 Å². The third-order valence-electron chi connectivity index (χ3n) is 6.60. The fourth-order valence-corrected chi connectivity index (χ4v) is 8.63. The summed E-state index contributed by atoms with van der Waals surface area (Å²) in [4.78, 5) is 30.9. The average Bonchev–Trinajstić information content (AvgIpc) is 3.48. The topological polar surface area (TPSA) is 152 Å². The van der Waals surface area contributed by atoms with Crippen LogP contribution < -0.4 is 5.48 Å². The summed E-state index contributed by atoms with van der Waals surface area (Å²) in [5.74, 6) is -2.10. The molecule has 1 unspecified atom stereocenters. The van der Waals surface area contributed by atoms with Crippen LogP contribution in [0.3, 0.4) is 0 Å². The lowest BCUT2D eigenvalue weighted by atomic mass is 10.2. The fraction of sp³-hybridized carbons (Fsp3) is 0.500. The molecule has 2 fully saturated rings. The third kappa shape index (κ3) is 7.29. The number of thiophene rings is 1. The Labute approximate surface area is 241 Å². The molecule has 2 aliphatic heterocycles. The highest BCUT2D eigenvalue weighted by molar-refractivity contribution is 7.91. The van der Waals surface area contributed by atoms with Gasteiger partial charge in [0.2, 0.25) is 0 Å². The van der Waals surface area contributed by atoms with Crippen molar-refractivity contribution < 1.29 is 45.1 Å². The zero-order chi connectivity index (χ0) is 29.8. The van der Waals surface area contributed by atoms with Crippen molar-refractivity contribution in [2.75, 3.05) is 46.9 Å². The van der Waals surface area contributed by atoms with Gasteiger partial charge in [-0.2, -0.15) is 21.3 Å². The summed E-state index contributed by atoms with van der Waals surface area (Å²) in [5.41, 5.74) is 2.85. The van der Waals surface area contributed by atoms with Gasteiger partial charge in [-0.05, 0) is 42.7 Å². The first kappa shape index (κ1) is 31.4. The minimum Gasteiger partial charge on any atom is -0.468 e. The van der Waals surface area contributed by atoms with Crippen molar-refractivity contribution in [2.45, 2.75) is 35.8 Å². The smallest absolute Gasteiger partial charge is 0.321 e. The molecule has 1 N–H and O–H groups in total. The standard InChI is InChI=1S/C24H31FN4O9S3/c1-27(16-21(30)36-2)41(34,35)28-12-13-29(19(15-28)24(31)26-38-22-5-3-4-14-37-22)40(32,33)23-11-10-20(39-23)17-6-8-18(25)9-7-17/h6-11,19,22H,3-5,12-16H2,1-2H3,(H,26,31)/t19-,22?/m1/s1. The predicted molar refractivity (Wildman–Crippen MR) is 145 cm³/mol. The second-order valence-corrected chi connectivity index (χ2v) is 14.6. The first-order valence-corrected chi connectivity index (χ1v) is 16.3. The Morgan fingerprint density at radius 1 is 1.12 bits per heavy atom. The van der Waals surface area contributed by atoms with E-state index in [-0.39, 0.29) is 17.3 Å². The number of nitrogens with zero attached hydrogens (tertiary/aromatic N) is 3. The van der Waals surface area contributed by atoms with E-state index in [9.17, 15) is 30.8 Å². The van der Waals surface area contributed by atoms with E-state index in [1.807, 2.05) is 0 Å². The molecule has 41 heavy (non-hydrogen) atoms. The number of hydroxylamine groups is 1. The number of benzene rings is 1. The Morgan fingerprint density at radius 2 is 1.85 bits per heavy atom. The number of nitrogens with one attached hydrogen (secondary N) is 1. The van der Waals surface area contributed by atoms with Gasteiger partial charge < -0.3 is 9.47 Å². The van der Waals surface area contributed by atoms with Crippen molar-refractivity contribution >= 4 is 43.4 Å². The van der Waals surface area contributed by atoms with E-state index in [0.29, 0.717) is 23.5 Å². The number of likely N-dealkylation sites (N-methyl/N-ethyl adjacent to an activating group) is 1. The molecule has 0 saturated carbocycles. The van der Waals surface area contributed by atoms with Crippen LogP contribution in [0.15, 0.2) is 40.6 Å². The molecule has 17 heteroatoms. The number of amides is 1. The van der Waals surface area contributed by atoms with Gasteiger partial charge in [-0.25, -0.2) is 23.1 Å². The summed E-state index contributed by atoms with van der Waals surface area (Å²) in [6, 6.07) is 7.02. The molecule has 4 rings (SSSR count). The molecule has 2 aromatic rings. The van der Waals surface area contributed by atoms with Gasteiger partial charge in [0.25, 0.3) is 26.1 Å². The van der Waals surface area contributed by atoms with Crippen LogP contribution in [0.4, 0.5) is 4.39 Å². The van der Waals surface area contributed by atoms with E-state index in [1.54, 1.807) is 6.07 Å². The van der Waals surface area contributed by atoms with Crippen LogP contribution in [-0.4, -0.2) is 101 Å². The third-order valence-corrected chi connectivity index (χ3v) is 12.0. The largest absolute Gasteiger partial charge is 0.468 e. The highest BCUT2D eigenvalue weighted by atomic mass is 32.2. The van der Waals surface area contributed by atoms with Crippen LogP contribution in [0.5, 0.6) is 0 Å². The van der Waals surface area contributed by atoms with Crippen LogP contribution in [0, 0.1) is 5.82 Å². The van der Waals surface area contributed by atoms with Gasteiger partial charge in [0.1, 0.15) is 22.6 Å². The van der Waals surface area contributed by atoms with Gasteiger partial charge in [0.15, 0.2) is 6.29 Å². The van der Waals surface area contributed by atoms with Gasteiger partial charge in [0, 0.05) is 44.6 Å². The Hall–Kier alpha value is -2.51. The van der Waals surface area contributed by atoms with Gasteiger partial charge in [-0.1, -0.05) is 12.1 Å². The lowest BCUT2D eigenvalue weighted by Gasteiger charge is -2.39. The number of carbonyl (C=O) groups is 2. The van der Waals surface area contributed by atoms with E-state index in [1.165, 1.54) is 37.4 Å². The Balaban J connectivity index is 1.59. The number of rotatable bonds is 10. The highest BCUT2D eigenvalue weighted by Crippen LogP contribution is 2.34. The lowest BCUT2D eigenvalue weighted by molar-refractivity contribution is -0.202. The summed E-state index contributed by atoms with van der Waals surface area (Å²) >= 11 is 0.936. The van der Waals surface area contributed by atoms with Crippen LogP contribution in [0.1, 0.15) is 19.3 Å². The summed E-state index contributed by atoms with van der Waals surface area (Å²) in [6.45, 7) is -1.30. The van der Waals surface area contributed by atoms with Crippen LogP contribution in [0.2, 0.25) is 0 Å². The number of methoxy groups -OCH3 is 1. The molecule has 0 spiro atoms. The number of halogens is 1. The highest BCUT2D eigenvalue weighted by Gasteiger charge is 2.45. The summed E-state index contributed by atoms with van der Waals surface area (Å²) in [5, 5.41) is 0. The lowest BCUT2D eigenvalue weighted by Crippen LogP contribution is -2.62. The molecule has 13 nitrogen and oxygen atoms in total. The van der Waals surface area contributed by atoms with Crippen LogP contribution in [0.25, 0.3) is 10.4 Å². The normalized spacial score (nSPS) is 21.1.